The van der Waals surface area contributed by atoms with Crippen LogP contribution in [0.5, 0.6) is 0 Å². The summed E-state index contributed by atoms with van der Waals surface area (Å²) in [6.07, 6.45) is 2.96. The van der Waals surface area contributed by atoms with Gasteiger partial charge in [-0.25, -0.2) is 9.18 Å². The Kier molecular flexibility index (Phi) is 5.16. The summed E-state index contributed by atoms with van der Waals surface area (Å²) < 4.78 is 18.1. The summed E-state index contributed by atoms with van der Waals surface area (Å²) in [5.74, 6) is 0.327. The van der Waals surface area contributed by atoms with Crippen molar-refractivity contribution >= 4 is 6.09 Å². The molecule has 2 aliphatic heterocycles. The second kappa shape index (κ2) is 7.30. The maximum Gasteiger partial charge on any atom is 0.409 e. The molecule has 1 unspecified atom stereocenters. The minimum atomic E-state index is -0.184. The summed E-state index contributed by atoms with van der Waals surface area (Å²) >= 11 is 0. The van der Waals surface area contributed by atoms with Gasteiger partial charge in [-0.05, 0) is 56.3 Å². The first-order chi connectivity index (χ1) is 11.2. The average molecular weight is 320 g/mol. The Bertz CT molecular complexity index is 526. The molecule has 2 heterocycles. The molecule has 3 rings (SSSR count). The highest BCUT2D eigenvalue weighted by Gasteiger charge is 2.32. The van der Waals surface area contributed by atoms with Gasteiger partial charge in [-0.1, -0.05) is 12.1 Å². The van der Waals surface area contributed by atoms with E-state index >= 15 is 0 Å². The van der Waals surface area contributed by atoms with Crippen molar-refractivity contribution in [2.24, 2.45) is 0 Å². The quantitative estimate of drug-likeness (QED) is 0.857. The molecule has 0 radical (unpaired) electrons. The van der Waals surface area contributed by atoms with Crippen molar-refractivity contribution in [1.29, 1.82) is 0 Å². The molecule has 1 atom stereocenters. The van der Waals surface area contributed by atoms with Crippen LogP contribution in [-0.4, -0.2) is 54.7 Å². The van der Waals surface area contributed by atoms with Gasteiger partial charge < -0.3 is 9.64 Å². The van der Waals surface area contributed by atoms with Gasteiger partial charge >= 0.3 is 6.09 Å². The molecule has 1 aromatic rings. The standard InChI is InChI=1S/C18H25FN2O2/c1-2-23-18(22)20-11-8-17(9-12-20)21-10-7-15(13-21)14-3-5-16(19)6-4-14/h3-6,15,17H,2,7-13H2,1H3. The van der Waals surface area contributed by atoms with E-state index in [9.17, 15) is 9.18 Å². The van der Waals surface area contributed by atoms with Gasteiger partial charge in [0, 0.05) is 25.7 Å². The number of likely N-dealkylation sites (tertiary alicyclic amines) is 2. The molecule has 126 valence electrons. The van der Waals surface area contributed by atoms with Gasteiger partial charge in [-0.15, -0.1) is 0 Å². The lowest BCUT2D eigenvalue weighted by atomic mass is 9.98. The zero-order chi connectivity index (χ0) is 16.2. The van der Waals surface area contributed by atoms with Crippen molar-refractivity contribution < 1.29 is 13.9 Å². The normalized spacial score (nSPS) is 23.2. The highest BCUT2D eigenvalue weighted by atomic mass is 19.1. The van der Waals surface area contributed by atoms with Crippen LogP contribution in [0.4, 0.5) is 9.18 Å². The second-order valence-electron chi connectivity index (χ2n) is 6.45. The molecule has 2 aliphatic rings. The van der Waals surface area contributed by atoms with Gasteiger partial charge in [0.2, 0.25) is 0 Å². The molecule has 0 bridgehead atoms. The van der Waals surface area contributed by atoms with Crippen molar-refractivity contribution in [3.63, 3.8) is 0 Å². The Hall–Kier alpha value is -1.62. The van der Waals surface area contributed by atoms with Crippen LogP contribution < -0.4 is 0 Å². The van der Waals surface area contributed by atoms with Gasteiger partial charge in [0.05, 0.1) is 6.61 Å². The van der Waals surface area contributed by atoms with Crippen LogP contribution in [0.2, 0.25) is 0 Å². The van der Waals surface area contributed by atoms with E-state index in [-0.39, 0.29) is 11.9 Å². The second-order valence-corrected chi connectivity index (χ2v) is 6.45. The predicted molar refractivity (Wildman–Crippen MR) is 86.9 cm³/mol. The fourth-order valence-electron chi connectivity index (χ4n) is 3.75. The molecule has 5 heteroatoms. The first-order valence-electron chi connectivity index (χ1n) is 8.58. The van der Waals surface area contributed by atoms with E-state index in [0.717, 1.165) is 45.4 Å². The largest absolute Gasteiger partial charge is 0.450 e. The van der Waals surface area contributed by atoms with E-state index in [2.05, 4.69) is 4.90 Å². The van der Waals surface area contributed by atoms with Crippen molar-refractivity contribution in [3.8, 4) is 0 Å². The minimum absolute atomic E-state index is 0.171. The highest BCUT2D eigenvalue weighted by Crippen LogP contribution is 2.31. The lowest BCUT2D eigenvalue weighted by Crippen LogP contribution is -2.46. The fraction of sp³-hybridized carbons (Fsp3) is 0.611. The molecule has 0 aromatic heterocycles. The molecule has 0 aliphatic carbocycles. The van der Waals surface area contributed by atoms with Crippen LogP contribution in [0.3, 0.4) is 0 Å². The number of hydrogen-bond acceptors (Lipinski definition) is 3. The molecule has 0 N–H and O–H groups in total. The molecule has 4 nitrogen and oxygen atoms in total. The van der Waals surface area contributed by atoms with Gasteiger partial charge in [-0.3, -0.25) is 4.90 Å². The topological polar surface area (TPSA) is 32.8 Å². The predicted octanol–water partition coefficient (Wildman–Crippen LogP) is 3.24. The van der Waals surface area contributed by atoms with Crippen LogP contribution in [0, 0.1) is 5.82 Å². The summed E-state index contributed by atoms with van der Waals surface area (Å²) in [6.45, 7) is 5.96. The van der Waals surface area contributed by atoms with Gasteiger partial charge in [-0.2, -0.15) is 0 Å². The van der Waals surface area contributed by atoms with E-state index in [4.69, 9.17) is 4.74 Å². The first kappa shape index (κ1) is 16.2. The summed E-state index contributed by atoms with van der Waals surface area (Å²) in [5.41, 5.74) is 1.23. The Morgan fingerprint density at radius 1 is 1.17 bits per heavy atom. The third kappa shape index (κ3) is 3.83. The molecular weight excluding hydrogens is 295 g/mol. The van der Waals surface area contributed by atoms with E-state index < -0.39 is 0 Å². The van der Waals surface area contributed by atoms with Gasteiger partial charge in [0.1, 0.15) is 5.82 Å². The molecule has 1 amide bonds. The van der Waals surface area contributed by atoms with Crippen LogP contribution in [0.1, 0.15) is 37.7 Å². The number of halogens is 1. The molecule has 23 heavy (non-hydrogen) atoms. The molecule has 2 saturated heterocycles. The van der Waals surface area contributed by atoms with Crippen molar-refractivity contribution in [2.45, 2.75) is 38.1 Å². The number of ether oxygens (including phenoxy) is 1. The minimum Gasteiger partial charge on any atom is -0.450 e. The van der Waals surface area contributed by atoms with Crippen LogP contribution in [-0.2, 0) is 4.74 Å². The molecule has 1 aromatic carbocycles. The number of benzene rings is 1. The van der Waals surface area contributed by atoms with E-state index in [0.29, 0.717) is 18.6 Å². The third-order valence-electron chi connectivity index (χ3n) is 5.07. The summed E-state index contributed by atoms with van der Waals surface area (Å²) in [6, 6.07) is 7.47. The Morgan fingerprint density at radius 3 is 2.52 bits per heavy atom. The number of piperidine rings is 1. The first-order valence-corrected chi connectivity index (χ1v) is 8.58. The van der Waals surface area contributed by atoms with Crippen LogP contribution in [0.15, 0.2) is 24.3 Å². The van der Waals surface area contributed by atoms with Crippen molar-refractivity contribution in [1.82, 2.24) is 9.80 Å². The van der Waals surface area contributed by atoms with E-state index in [1.165, 1.54) is 5.56 Å². The fourth-order valence-corrected chi connectivity index (χ4v) is 3.75. The maximum absolute atomic E-state index is 13.0. The van der Waals surface area contributed by atoms with Crippen molar-refractivity contribution in [2.75, 3.05) is 32.8 Å². The monoisotopic (exact) mass is 320 g/mol. The van der Waals surface area contributed by atoms with Crippen molar-refractivity contribution in [3.05, 3.63) is 35.6 Å². The molecule has 2 fully saturated rings. The number of carbonyl (C=O) groups excluding carboxylic acids is 1. The number of amides is 1. The SMILES string of the molecule is CCOC(=O)N1CCC(N2CCC(c3ccc(F)cc3)C2)CC1. The summed E-state index contributed by atoms with van der Waals surface area (Å²) in [4.78, 5) is 16.1. The van der Waals surface area contributed by atoms with Gasteiger partial charge in [0.25, 0.3) is 0 Å². The summed E-state index contributed by atoms with van der Waals surface area (Å²) in [7, 11) is 0. The molecular formula is C18H25FN2O2. The number of nitrogens with zero attached hydrogens (tertiary/aromatic N) is 2. The van der Waals surface area contributed by atoms with Crippen LogP contribution in [0.25, 0.3) is 0 Å². The Morgan fingerprint density at radius 2 is 1.87 bits per heavy atom. The zero-order valence-corrected chi connectivity index (χ0v) is 13.7. The Balaban J connectivity index is 1.50. The highest BCUT2D eigenvalue weighted by molar-refractivity contribution is 5.67. The number of hydrogen-bond donors (Lipinski definition) is 0. The molecule has 0 spiro atoms. The number of rotatable bonds is 3. The average Bonchev–Trinajstić information content (AvgIpc) is 3.06. The summed E-state index contributed by atoms with van der Waals surface area (Å²) in [5, 5.41) is 0. The lowest BCUT2D eigenvalue weighted by Gasteiger charge is -2.36. The maximum atomic E-state index is 13.0. The third-order valence-corrected chi connectivity index (χ3v) is 5.07. The Labute approximate surface area is 137 Å². The van der Waals surface area contributed by atoms with Gasteiger partial charge in [0.15, 0.2) is 0 Å². The number of carbonyl (C=O) groups is 1. The lowest BCUT2D eigenvalue weighted by molar-refractivity contribution is 0.0802. The van der Waals surface area contributed by atoms with E-state index in [1.54, 1.807) is 12.1 Å². The molecule has 0 saturated carbocycles. The van der Waals surface area contributed by atoms with E-state index in [1.807, 2.05) is 24.0 Å². The smallest absolute Gasteiger partial charge is 0.409 e. The zero-order valence-electron chi connectivity index (χ0n) is 13.7. The van der Waals surface area contributed by atoms with Crippen LogP contribution >= 0.6 is 0 Å².